The molecule has 0 bridgehead atoms. The summed E-state index contributed by atoms with van der Waals surface area (Å²) >= 11 is 0. The van der Waals surface area contributed by atoms with Gasteiger partial charge in [0, 0.05) is 6.20 Å². The minimum Gasteiger partial charge on any atom is -0.495 e. The molecule has 1 heterocycles. The molecule has 1 unspecified atom stereocenters. The van der Waals surface area contributed by atoms with E-state index in [-0.39, 0.29) is 6.04 Å². The zero-order chi connectivity index (χ0) is 15.2. The number of aryl methyl sites for hydroxylation is 2. The summed E-state index contributed by atoms with van der Waals surface area (Å²) in [7, 11) is 1.67. The molecule has 0 radical (unpaired) electrons. The zero-order valence-corrected chi connectivity index (χ0v) is 13.3. The molecule has 3 nitrogen and oxygen atoms in total. The van der Waals surface area contributed by atoms with E-state index in [1.807, 2.05) is 6.20 Å². The van der Waals surface area contributed by atoms with Gasteiger partial charge in [0.05, 0.1) is 19.3 Å². The van der Waals surface area contributed by atoms with Crippen LogP contribution in [0.25, 0.3) is 0 Å². The van der Waals surface area contributed by atoms with Crippen molar-refractivity contribution in [1.82, 2.24) is 10.3 Å². The Bertz CT molecular complexity index is 596. The van der Waals surface area contributed by atoms with Crippen LogP contribution in [-0.4, -0.2) is 18.6 Å². The number of hydrogen-bond donors (Lipinski definition) is 1. The van der Waals surface area contributed by atoms with Gasteiger partial charge in [0.15, 0.2) is 0 Å². The first kappa shape index (κ1) is 15.5. The van der Waals surface area contributed by atoms with Gasteiger partial charge in [-0.15, -0.1) is 0 Å². The summed E-state index contributed by atoms with van der Waals surface area (Å²) in [6, 6.07) is 8.82. The predicted molar refractivity (Wildman–Crippen MR) is 86.8 cm³/mol. The molecule has 0 aliphatic rings. The van der Waals surface area contributed by atoms with Crippen LogP contribution in [0.2, 0.25) is 0 Å². The van der Waals surface area contributed by atoms with Gasteiger partial charge >= 0.3 is 0 Å². The van der Waals surface area contributed by atoms with E-state index in [1.54, 1.807) is 13.3 Å². The topological polar surface area (TPSA) is 34.2 Å². The molecule has 0 aliphatic carbocycles. The van der Waals surface area contributed by atoms with Crippen LogP contribution in [0.15, 0.2) is 36.7 Å². The van der Waals surface area contributed by atoms with Crippen LogP contribution in [0.1, 0.15) is 41.6 Å². The third-order valence-electron chi connectivity index (χ3n) is 3.77. The highest BCUT2D eigenvalue weighted by molar-refractivity contribution is 5.38. The summed E-state index contributed by atoms with van der Waals surface area (Å²) in [5.74, 6) is 0.791. The number of ether oxygens (including phenoxy) is 1. The molecule has 2 rings (SSSR count). The number of rotatable bonds is 6. The molecule has 1 aromatic heterocycles. The maximum absolute atomic E-state index is 5.30. The van der Waals surface area contributed by atoms with E-state index in [9.17, 15) is 0 Å². The average Bonchev–Trinajstić information content (AvgIpc) is 2.51. The first-order valence-corrected chi connectivity index (χ1v) is 7.45. The second kappa shape index (κ2) is 7.23. The van der Waals surface area contributed by atoms with Gasteiger partial charge in [-0.1, -0.05) is 25.1 Å². The van der Waals surface area contributed by atoms with Crippen LogP contribution < -0.4 is 10.1 Å². The van der Waals surface area contributed by atoms with Crippen molar-refractivity contribution in [1.29, 1.82) is 0 Å². The Morgan fingerprint density at radius 3 is 2.57 bits per heavy atom. The van der Waals surface area contributed by atoms with E-state index >= 15 is 0 Å². The Hall–Kier alpha value is -1.87. The normalized spacial score (nSPS) is 12.2. The highest BCUT2D eigenvalue weighted by Gasteiger charge is 2.15. The fourth-order valence-corrected chi connectivity index (χ4v) is 2.37. The summed E-state index contributed by atoms with van der Waals surface area (Å²) in [5, 5.41) is 3.60. The molecule has 1 atom stereocenters. The molecule has 1 aromatic carbocycles. The summed E-state index contributed by atoms with van der Waals surface area (Å²) in [5.41, 5.74) is 5.02. The number of aromatic nitrogens is 1. The standard InChI is InChI=1S/C18H24N2O/c1-5-8-20-18(15-7-6-13(2)14(3)9-15)16-10-17(21-4)12-19-11-16/h6-7,9-12,18,20H,5,8H2,1-4H3. The smallest absolute Gasteiger partial charge is 0.137 e. The van der Waals surface area contributed by atoms with Gasteiger partial charge in [-0.25, -0.2) is 0 Å². The van der Waals surface area contributed by atoms with Gasteiger partial charge < -0.3 is 10.1 Å². The van der Waals surface area contributed by atoms with Crippen molar-refractivity contribution in [3.63, 3.8) is 0 Å². The van der Waals surface area contributed by atoms with Gasteiger partial charge in [-0.05, 0) is 55.1 Å². The van der Waals surface area contributed by atoms with E-state index in [4.69, 9.17) is 4.74 Å². The van der Waals surface area contributed by atoms with E-state index in [0.29, 0.717) is 0 Å². The van der Waals surface area contributed by atoms with E-state index in [1.165, 1.54) is 16.7 Å². The number of pyridine rings is 1. The average molecular weight is 284 g/mol. The SMILES string of the molecule is CCCNC(c1cncc(OC)c1)c1ccc(C)c(C)c1. The minimum absolute atomic E-state index is 0.145. The van der Waals surface area contributed by atoms with E-state index in [0.717, 1.165) is 24.3 Å². The largest absolute Gasteiger partial charge is 0.495 e. The molecular weight excluding hydrogens is 260 g/mol. The first-order chi connectivity index (χ1) is 10.2. The predicted octanol–water partition coefficient (Wildman–Crippen LogP) is 3.80. The Kier molecular flexibility index (Phi) is 5.34. The van der Waals surface area contributed by atoms with Crippen molar-refractivity contribution in [2.45, 2.75) is 33.2 Å². The van der Waals surface area contributed by atoms with Gasteiger partial charge in [-0.2, -0.15) is 0 Å². The van der Waals surface area contributed by atoms with Gasteiger partial charge in [0.2, 0.25) is 0 Å². The quantitative estimate of drug-likeness (QED) is 0.876. The lowest BCUT2D eigenvalue weighted by Gasteiger charge is -2.20. The Morgan fingerprint density at radius 2 is 1.90 bits per heavy atom. The van der Waals surface area contributed by atoms with E-state index < -0.39 is 0 Å². The molecule has 0 spiro atoms. The summed E-state index contributed by atoms with van der Waals surface area (Å²) in [6.07, 6.45) is 4.74. The molecule has 0 saturated carbocycles. The van der Waals surface area contributed by atoms with Crippen molar-refractivity contribution in [2.75, 3.05) is 13.7 Å². The van der Waals surface area contributed by atoms with Crippen molar-refractivity contribution in [3.05, 3.63) is 58.9 Å². The molecule has 3 heteroatoms. The summed E-state index contributed by atoms with van der Waals surface area (Å²) in [6.45, 7) is 7.43. The number of nitrogens with zero attached hydrogens (tertiary/aromatic N) is 1. The van der Waals surface area contributed by atoms with Crippen LogP contribution in [0.3, 0.4) is 0 Å². The molecule has 0 fully saturated rings. The molecule has 2 aromatic rings. The third kappa shape index (κ3) is 3.82. The maximum atomic E-state index is 5.30. The molecule has 0 aliphatic heterocycles. The highest BCUT2D eigenvalue weighted by Crippen LogP contribution is 2.25. The summed E-state index contributed by atoms with van der Waals surface area (Å²) < 4.78 is 5.30. The molecular formula is C18H24N2O. The van der Waals surface area contributed by atoms with Crippen LogP contribution in [0.4, 0.5) is 0 Å². The first-order valence-electron chi connectivity index (χ1n) is 7.45. The van der Waals surface area contributed by atoms with Crippen LogP contribution >= 0.6 is 0 Å². The lowest BCUT2D eigenvalue weighted by molar-refractivity contribution is 0.411. The second-order valence-electron chi connectivity index (χ2n) is 5.39. The Balaban J connectivity index is 2.38. The monoisotopic (exact) mass is 284 g/mol. The van der Waals surface area contributed by atoms with Gasteiger partial charge in [0.25, 0.3) is 0 Å². The Labute approximate surface area is 127 Å². The number of hydrogen-bond acceptors (Lipinski definition) is 3. The fourth-order valence-electron chi connectivity index (χ4n) is 2.37. The molecule has 21 heavy (non-hydrogen) atoms. The molecule has 0 amide bonds. The van der Waals surface area contributed by atoms with Crippen LogP contribution in [0, 0.1) is 13.8 Å². The highest BCUT2D eigenvalue weighted by atomic mass is 16.5. The minimum atomic E-state index is 0.145. The third-order valence-corrected chi connectivity index (χ3v) is 3.77. The summed E-state index contributed by atoms with van der Waals surface area (Å²) in [4.78, 5) is 4.28. The second-order valence-corrected chi connectivity index (χ2v) is 5.39. The fraction of sp³-hybridized carbons (Fsp3) is 0.389. The molecule has 112 valence electrons. The number of methoxy groups -OCH3 is 1. The van der Waals surface area contributed by atoms with Crippen LogP contribution in [0.5, 0.6) is 5.75 Å². The number of nitrogens with one attached hydrogen (secondary N) is 1. The van der Waals surface area contributed by atoms with Gasteiger partial charge in [0.1, 0.15) is 5.75 Å². The van der Waals surface area contributed by atoms with E-state index in [2.05, 4.69) is 55.3 Å². The number of benzene rings is 1. The molecule has 0 saturated heterocycles. The maximum Gasteiger partial charge on any atom is 0.137 e. The van der Waals surface area contributed by atoms with Crippen molar-refractivity contribution < 1.29 is 4.74 Å². The van der Waals surface area contributed by atoms with Crippen molar-refractivity contribution >= 4 is 0 Å². The van der Waals surface area contributed by atoms with Crippen molar-refractivity contribution in [2.24, 2.45) is 0 Å². The molecule has 1 N–H and O–H groups in total. The Morgan fingerprint density at radius 1 is 1.10 bits per heavy atom. The lowest BCUT2D eigenvalue weighted by Crippen LogP contribution is -2.23. The van der Waals surface area contributed by atoms with Crippen LogP contribution in [-0.2, 0) is 0 Å². The zero-order valence-electron chi connectivity index (χ0n) is 13.3. The van der Waals surface area contributed by atoms with Crippen molar-refractivity contribution in [3.8, 4) is 5.75 Å². The lowest BCUT2D eigenvalue weighted by atomic mass is 9.96. The van der Waals surface area contributed by atoms with Gasteiger partial charge in [-0.3, -0.25) is 4.98 Å².